The molecule has 26 heavy (non-hydrogen) atoms. The molecular weight excluding hydrogens is 420 g/mol. The Kier molecular flexibility index (Phi) is 5.19. The maximum atomic E-state index is 12.4. The van der Waals surface area contributed by atoms with Gasteiger partial charge in [-0.1, -0.05) is 39.8 Å². The summed E-state index contributed by atoms with van der Waals surface area (Å²) in [5.74, 6) is 0.0128. The molecule has 7 nitrogen and oxygen atoms in total. The lowest BCUT2D eigenvalue weighted by Gasteiger charge is -2.11. The van der Waals surface area contributed by atoms with E-state index in [-0.39, 0.29) is 11.0 Å². The molecule has 2 heterocycles. The van der Waals surface area contributed by atoms with E-state index in [0.717, 1.165) is 10.0 Å². The highest BCUT2D eigenvalue weighted by Crippen LogP contribution is 2.27. The van der Waals surface area contributed by atoms with Gasteiger partial charge in [0.25, 0.3) is 5.56 Å². The van der Waals surface area contributed by atoms with E-state index in [1.807, 2.05) is 24.3 Å². The molecule has 1 N–H and O–H groups in total. The number of halogens is 1. The second kappa shape index (κ2) is 7.24. The fourth-order valence-electron chi connectivity index (χ4n) is 2.51. The number of ketones is 1. The quantitative estimate of drug-likeness (QED) is 0.619. The summed E-state index contributed by atoms with van der Waals surface area (Å²) in [6.45, 7) is 3.70. The van der Waals surface area contributed by atoms with Crippen LogP contribution in [0.15, 0.2) is 43.5 Å². The van der Waals surface area contributed by atoms with E-state index < -0.39 is 11.2 Å². The van der Waals surface area contributed by atoms with E-state index >= 15 is 0 Å². The number of imidazole rings is 1. The number of nitrogens with one attached hydrogen (secondary N) is 1. The van der Waals surface area contributed by atoms with Crippen LogP contribution in [0.1, 0.15) is 19.4 Å². The number of Topliss-reactive ketones (excluding diaryl/α,β-unsaturated/α-hetero) is 1. The van der Waals surface area contributed by atoms with Gasteiger partial charge in [-0.25, -0.2) is 9.78 Å². The molecule has 0 saturated heterocycles. The van der Waals surface area contributed by atoms with Crippen LogP contribution in [0.2, 0.25) is 0 Å². The molecule has 1 aromatic carbocycles. The molecule has 136 valence electrons. The normalized spacial score (nSPS) is 12.5. The van der Waals surface area contributed by atoms with Crippen LogP contribution in [0.3, 0.4) is 0 Å². The number of aryl methyl sites for hydroxylation is 1. The Labute approximate surface area is 161 Å². The van der Waals surface area contributed by atoms with Crippen molar-refractivity contribution in [3.05, 3.63) is 55.1 Å². The van der Waals surface area contributed by atoms with Crippen LogP contribution in [0.4, 0.5) is 0 Å². The number of aromatic amines is 1. The van der Waals surface area contributed by atoms with Gasteiger partial charge in [0, 0.05) is 11.5 Å². The van der Waals surface area contributed by atoms with Gasteiger partial charge in [-0.2, -0.15) is 0 Å². The Morgan fingerprint density at radius 1 is 1.38 bits per heavy atom. The van der Waals surface area contributed by atoms with Gasteiger partial charge in [0.15, 0.2) is 16.3 Å². The summed E-state index contributed by atoms with van der Waals surface area (Å²) in [6.07, 6.45) is 0. The number of carbonyl (C=O) groups is 1. The third-order valence-corrected chi connectivity index (χ3v) is 5.76. The van der Waals surface area contributed by atoms with E-state index in [2.05, 4.69) is 25.9 Å². The van der Waals surface area contributed by atoms with Gasteiger partial charge in [0.2, 0.25) is 0 Å². The number of hydrogen-bond donors (Lipinski definition) is 1. The lowest BCUT2D eigenvalue weighted by molar-refractivity contribution is -0.116. The molecule has 9 heteroatoms. The van der Waals surface area contributed by atoms with Crippen molar-refractivity contribution in [1.29, 1.82) is 0 Å². The summed E-state index contributed by atoms with van der Waals surface area (Å²) in [4.78, 5) is 42.8. The predicted molar refractivity (Wildman–Crippen MR) is 105 cm³/mol. The summed E-state index contributed by atoms with van der Waals surface area (Å²) in [5.41, 5.74) is 0.556. The maximum Gasteiger partial charge on any atom is 0.329 e. The minimum Gasteiger partial charge on any atom is -0.309 e. The van der Waals surface area contributed by atoms with Crippen LogP contribution in [0.5, 0.6) is 0 Å². The number of carbonyl (C=O) groups excluding carboxylic acids is 1. The molecule has 0 fully saturated rings. The third-order valence-electron chi connectivity index (χ3n) is 4.06. The van der Waals surface area contributed by atoms with E-state index in [0.29, 0.717) is 22.9 Å². The lowest BCUT2D eigenvalue weighted by atomic mass is 10.2. The predicted octanol–water partition coefficient (Wildman–Crippen LogP) is 2.30. The Bertz CT molecular complexity index is 1120. The summed E-state index contributed by atoms with van der Waals surface area (Å²) in [7, 11) is 1.56. The highest BCUT2D eigenvalue weighted by atomic mass is 79.9. The second-order valence-electron chi connectivity index (χ2n) is 5.97. The fourth-order valence-corrected chi connectivity index (χ4v) is 3.86. The highest BCUT2D eigenvalue weighted by Gasteiger charge is 2.21. The van der Waals surface area contributed by atoms with Crippen LogP contribution in [0.25, 0.3) is 11.2 Å². The smallest absolute Gasteiger partial charge is 0.309 e. The molecule has 0 aliphatic carbocycles. The van der Waals surface area contributed by atoms with E-state index in [9.17, 15) is 14.4 Å². The fraction of sp³-hybridized carbons (Fsp3) is 0.294. The van der Waals surface area contributed by atoms with Crippen molar-refractivity contribution in [2.24, 2.45) is 7.05 Å². The molecule has 0 radical (unpaired) electrons. The molecule has 0 aliphatic rings. The van der Waals surface area contributed by atoms with Gasteiger partial charge in [-0.3, -0.25) is 19.1 Å². The first-order valence-electron chi connectivity index (χ1n) is 7.89. The van der Waals surface area contributed by atoms with Gasteiger partial charge in [0.05, 0.1) is 11.8 Å². The molecule has 3 rings (SSSR count). The molecule has 0 amide bonds. The van der Waals surface area contributed by atoms with Gasteiger partial charge >= 0.3 is 5.69 Å². The molecule has 1 atom stereocenters. The van der Waals surface area contributed by atoms with Crippen molar-refractivity contribution in [1.82, 2.24) is 19.1 Å². The van der Waals surface area contributed by atoms with Crippen molar-refractivity contribution < 1.29 is 4.79 Å². The molecule has 0 bridgehead atoms. The molecule has 0 spiro atoms. The summed E-state index contributed by atoms with van der Waals surface area (Å²) >= 11 is 4.71. The number of thioether (sulfide) groups is 1. The zero-order chi connectivity index (χ0) is 19.0. The van der Waals surface area contributed by atoms with E-state index in [1.54, 1.807) is 18.5 Å². The largest absolute Gasteiger partial charge is 0.329 e. The number of H-pyrrole nitrogens is 1. The zero-order valence-electron chi connectivity index (χ0n) is 14.4. The number of aromatic nitrogens is 4. The van der Waals surface area contributed by atoms with Gasteiger partial charge < -0.3 is 4.57 Å². The lowest BCUT2D eigenvalue weighted by Crippen LogP contribution is -2.29. The van der Waals surface area contributed by atoms with E-state index in [4.69, 9.17) is 0 Å². The third kappa shape index (κ3) is 3.54. The van der Waals surface area contributed by atoms with E-state index in [1.165, 1.54) is 23.3 Å². The Morgan fingerprint density at radius 3 is 2.77 bits per heavy atom. The second-order valence-corrected chi connectivity index (χ2v) is 8.20. The molecule has 0 saturated carbocycles. The Balaban J connectivity index is 2.22. The molecule has 1 unspecified atom stereocenters. The number of benzene rings is 1. The summed E-state index contributed by atoms with van der Waals surface area (Å²) in [6, 6.07) is 7.71. The first-order valence-corrected chi connectivity index (χ1v) is 9.56. The van der Waals surface area contributed by atoms with Crippen molar-refractivity contribution in [2.45, 2.75) is 30.8 Å². The van der Waals surface area contributed by atoms with Crippen LogP contribution < -0.4 is 11.2 Å². The first-order chi connectivity index (χ1) is 12.3. The molecule has 2 aromatic heterocycles. The van der Waals surface area contributed by atoms with Crippen LogP contribution >= 0.6 is 27.7 Å². The van der Waals surface area contributed by atoms with Gasteiger partial charge in [0.1, 0.15) is 5.78 Å². The van der Waals surface area contributed by atoms with Crippen molar-refractivity contribution in [3.8, 4) is 0 Å². The minimum absolute atomic E-state index is 0.0128. The summed E-state index contributed by atoms with van der Waals surface area (Å²) < 4.78 is 3.97. The number of rotatable bonds is 5. The van der Waals surface area contributed by atoms with Crippen molar-refractivity contribution in [2.75, 3.05) is 0 Å². The first kappa shape index (κ1) is 18.7. The van der Waals surface area contributed by atoms with Crippen LogP contribution in [0, 0.1) is 0 Å². The standard InChI is InChI=1S/C17H17BrN4O3S/c1-9(23)10(2)26-17-19-14-13(15(24)20-16(25)21(14)3)22(17)8-11-5-4-6-12(18)7-11/h4-7,10H,8H2,1-3H3,(H,20,24,25). The topological polar surface area (TPSA) is 89.8 Å². The minimum atomic E-state index is -0.522. The zero-order valence-corrected chi connectivity index (χ0v) is 16.8. The number of hydrogen-bond acceptors (Lipinski definition) is 5. The molecule has 0 aliphatic heterocycles. The van der Waals surface area contributed by atoms with Crippen LogP contribution in [-0.4, -0.2) is 30.1 Å². The molecular formula is C17H17BrN4O3S. The average molecular weight is 437 g/mol. The summed E-state index contributed by atoms with van der Waals surface area (Å²) in [5, 5.41) is 0.207. The van der Waals surface area contributed by atoms with Crippen molar-refractivity contribution in [3.63, 3.8) is 0 Å². The highest BCUT2D eigenvalue weighted by molar-refractivity contribution is 9.10. The van der Waals surface area contributed by atoms with Crippen molar-refractivity contribution >= 4 is 44.6 Å². The molecule has 3 aromatic rings. The number of nitrogens with zero attached hydrogens (tertiary/aromatic N) is 3. The average Bonchev–Trinajstić information content (AvgIpc) is 2.91. The Morgan fingerprint density at radius 2 is 2.12 bits per heavy atom. The monoisotopic (exact) mass is 436 g/mol. The number of fused-ring (bicyclic) bond motifs is 1. The van der Waals surface area contributed by atoms with Gasteiger partial charge in [-0.05, 0) is 31.5 Å². The maximum absolute atomic E-state index is 12.4. The van der Waals surface area contributed by atoms with Gasteiger partial charge in [-0.15, -0.1) is 0 Å². The van der Waals surface area contributed by atoms with Crippen LogP contribution in [-0.2, 0) is 18.4 Å². The SMILES string of the molecule is CC(=O)C(C)Sc1nc2c(c(=O)[nH]c(=O)n2C)n1Cc1cccc(Br)c1. The Hall–Kier alpha value is -2.13.